The summed E-state index contributed by atoms with van der Waals surface area (Å²) < 4.78 is 27.8. The zero-order valence-corrected chi connectivity index (χ0v) is 26.0. The molecule has 0 saturated carbocycles. The molecule has 0 bridgehead atoms. The molecule has 0 unspecified atom stereocenters. The van der Waals surface area contributed by atoms with Crippen molar-refractivity contribution in [2.45, 2.75) is 52.6 Å². The Bertz CT molecular complexity index is 1410. The molecule has 1 atom stereocenters. The summed E-state index contributed by atoms with van der Waals surface area (Å²) in [5.74, 6) is -0.729. The topological polar surface area (TPSA) is 86.8 Å². The van der Waals surface area contributed by atoms with Crippen molar-refractivity contribution in [3.8, 4) is 0 Å². The Labute approximate surface area is 246 Å². The quantitative estimate of drug-likeness (QED) is 0.258. The largest absolute Gasteiger partial charge is 0.354 e. The van der Waals surface area contributed by atoms with Crippen LogP contribution in [0, 0.1) is 13.8 Å². The molecule has 0 spiro atoms. The minimum absolute atomic E-state index is 0.140. The van der Waals surface area contributed by atoms with E-state index in [1.54, 1.807) is 12.1 Å². The van der Waals surface area contributed by atoms with E-state index < -0.39 is 28.5 Å². The monoisotopic (exact) mass is 627 g/mol. The van der Waals surface area contributed by atoms with Gasteiger partial charge >= 0.3 is 0 Å². The zero-order valence-electron chi connectivity index (χ0n) is 23.6. The lowest BCUT2D eigenvalue weighted by Gasteiger charge is -2.33. The number of aryl methyl sites for hydroxylation is 2. The van der Waals surface area contributed by atoms with Crippen LogP contribution in [0.5, 0.6) is 0 Å². The molecule has 0 aromatic heterocycles. The molecule has 3 rings (SSSR count). The van der Waals surface area contributed by atoms with Gasteiger partial charge in [0.1, 0.15) is 12.6 Å². The Morgan fingerprint density at radius 2 is 1.62 bits per heavy atom. The van der Waals surface area contributed by atoms with Crippen molar-refractivity contribution in [3.05, 3.63) is 99.5 Å². The van der Waals surface area contributed by atoms with Gasteiger partial charge in [-0.2, -0.15) is 0 Å². The van der Waals surface area contributed by atoms with Crippen molar-refractivity contribution in [2.75, 3.05) is 23.7 Å². The third-order valence-corrected chi connectivity index (χ3v) is 8.43. The van der Waals surface area contributed by atoms with Crippen LogP contribution < -0.4 is 9.62 Å². The maximum Gasteiger partial charge on any atom is 0.244 e. The highest BCUT2D eigenvalue weighted by molar-refractivity contribution is 9.10. The number of amides is 2. The number of halogens is 1. The summed E-state index contributed by atoms with van der Waals surface area (Å²) >= 11 is 3.49. The lowest BCUT2D eigenvalue weighted by Crippen LogP contribution is -2.53. The number of hydrogen-bond donors (Lipinski definition) is 1. The number of unbranched alkanes of at least 4 members (excludes halogenated alkanes) is 1. The first-order valence-electron chi connectivity index (χ1n) is 13.4. The number of carbonyl (C=O) groups excluding carboxylic acids is 2. The lowest BCUT2D eigenvalue weighted by atomic mass is 10.0. The summed E-state index contributed by atoms with van der Waals surface area (Å²) in [6.07, 6.45) is 3.12. The number of rotatable bonds is 13. The Morgan fingerprint density at radius 3 is 2.25 bits per heavy atom. The van der Waals surface area contributed by atoms with Crippen LogP contribution in [-0.2, 0) is 32.6 Å². The first-order valence-corrected chi connectivity index (χ1v) is 16.0. The third-order valence-electron chi connectivity index (χ3n) is 6.80. The van der Waals surface area contributed by atoms with Crippen molar-refractivity contribution in [3.63, 3.8) is 0 Å². The maximum atomic E-state index is 14.1. The van der Waals surface area contributed by atoms with E-state index in [2.05, 4.69) is 21.2 Å². The molecule has 7 nitrogen and oxygen atoms in total. The molecule has 1 N–H and O–H groups in total. The molecule has 214 valence electrons. The molecule has 0 aliphatic heterocycles. The van der Waals surface area contributed by atoms with Gasteiger partial charge < -0.3 is 10.2 Å². The van der Waals surface area contributed by atoms with E-state index in [9.17, 15) is 18.0 Å². The molecule has 0 saturated heterocycles. The fraction of sp³-hybridized carbons (Fsp3) is 0.355. The van der Waals surface area contributed by atoms with Crippen LogP contribution in [0.25, 0.3) is 0 Å². The van der Waals surface area contributed by atoms with Crippen LogP contribution >= 0.6 is 15.9 Å². The SMILES string of the molecule is CCCCNC(=O)[C@@H](Cc1ccccc1)N(Cc1cccc(Br)c1)C(=O)CN(c1ccc(C)c(C)c1)S(C)(=O)=O. The van der Waals surface area contributed by atoms with E-state index >= 15 is 0 Å². The highest BCUT2D eigenvalue weighted by atomic mass is 79.9. The molecule has 9 heteroatoms. The predicted molar refractivity (Wildman–Crippen MR) is 165 cm³/mol. The Kier molecular flexibility index (Phi) is 11.3. The summed E-state index contributed by atoms with van der Waals surface area (Å²) in [5, 5.41) is 2.99. The summed E-state index contributed by atoms with van der Waals surface area (Å²) in [5.41, 5.74) is 4.07. The highest BCUT2D eigenvalue weighted by Gasteiger charge is 2.33. The van der Waals surface area contributed by atoms with E-state index in [1.165, 1.54) is 4.90 Å². The molecule has 0 fully saturated rings. The van der Waals surface area contributed by atoms with Gasteiger partial charge in [0.05, 0.1) is 11.9 Å². The van der Waals surface area contributed by atoms with Crippen LogP contribution in [0.1, 0.15) is 42.0 Å². The fourth-order valence-electron chi connectivity index (χ4n) is 4.39. The van der Waals surface area contributed by atoms with E-state index in [4.69, 9.17) is 0 Å². The number of benzene rings is 3. The van der Waals surface area contributed by atoms with E-state index in [0.717, 1.165) is 50.1 Å². The normalized spacial score (nSPS) is 12.0. The van der Waals surface area contributed by atoms with Crippen molar-refractivity contribution in [1.29, 1.82) is 0 Å². The van der Waals surface area contributed by atoms with Crippen LogP contribution in [-0.4, -0.2) is 50.5 Å². The van der Waals surface area contributed by atoms with Gasteiger partial charge in [-0.3, -0.25) is 13.9 Å². The van der Waals surface area contributed by atoms with Gasteiger partial charge in [0.15, 0.2) is 0 Å². The van der Waals surface area contributed by atoms with E-state index in [1.807, 2.05) is 81.4 Å². The third kappa shape index (κ3) is 8.93. The molecule has 0 aliphatic carbocycles. The zero-order chi connectivity index (χ0) is 29.3. The minimum atomic E-state index is -3.80. The van der Waals surface area contributed by atoms with Crippen LogP contribution in [0.2, 0.25) is 0 Å². The second kappa shape index (κ2) is 14.5. The van der Waals surface area contributed by atoms with Gasteiger partial charge in [-0.1, -0.05) is 77.8 Å². The van der Waals surface area contributed by atoms with Gasteiger partial charge in [0.2, 0.25) is 21.8 Å². The van der Waals surface area contributed by atoms with Gasteiger partial charge in [-0.15, -0.1) is 0 Å². The fourth-order valence-corrected chi connectivity index (χ4v) is 5.67. The average Bonchev–Trinajstić information content (AvgIpc) is 2.91. The second-order valence-corrected chi connectivity index (χ2v) is 12.9. The molecule has 0 radical (unpaired) electrons. The van der Waals surface area contributed by atoms with E-state index in [0.29, 0.717) is 18.7 Å². The number of sulfonamides is 1. The smallest absolute Gasteiger partial charge is 0.244 e. The Hall–Kier alpha value is -3.17. The first-order chi connectivity index (χ1) is 19.0. The van der Waals surface area contributed by atoms with Gasteiger partial charge in [0.25, 0.3) is 0 Å². The number of nitrogens with zero attached hydrogens (tertiary/aromatic N) is 2. The summed E-state index contributed by atoms with van der Waals surface area (Å²) in [7, 11) is -3.80. The Balaban J connectivity index is 2.04. The summed E-state index contributed by atoms with van der Waals surface area (Å²) in [6, 6.07) is 21.5. The van der Waals surface area contributed by atoms with Crippen molar-refractivity contribution >= 4 is 43.5 Å². The summed E-state index contributed by atoms with van der Waals surface area (Å²) in [6.45, 7) is 6.10. The number of hydrogen-bond acceptors (Lipinski definition) is 4. The lowest BCUT2D eigenvalue weighted by molar-refractivity contribution is -0.140. The van der Waals surface area contributed by atoms with Gasteiger partial charge in [-0.25, -0.2) is 8.42 Å². The van der Waals surface area contributed by atoms with Crippen LogP contribution in [0.4, 0.5) is 5.69 Å². The van der Waals surface area contributed by atoms with E-state index in [-0.39, 0.29) is 12.5 Å². The molecular weight excluding hydrogens is 590 g/mol. The minimum Gasteiger partial charge on any atom is -0.354 e. The van der Waals surface area contributed by atoms with Crippen molar-refractivity contribution in [1.82, 2.24) is 10.2 Å². The van der Waals surface area contributed by atoms with Crippen LogP contribution in [0.3, 0.4) is 0 Å². The Morgan fingerprint density at radius 1 is 0.925 bits per heavy atom. The molecule has 2 amide bonds. The second-order valence-electron chi connectivity index (χ2n) is 10.0. The number of carbonyl (C=O) groups is 2. The standard InChI is InChI=1S/C31H38BrN3O4S/c1-5-6-17-33-31(37)29(20-25-11-8-7-9-12-25)34(21-26-13-10-14-27(32)19-26)30(36)22-35(40(4,38)39)28-16-15-23(2)24(3)18-28/h7-16,18-19,29H,5-6,17,20-22H2,1-4H3,(H,33,37)/t29-/m1/s1. The average molecular weight is 629 g/mol. The van der Waals surface area contributed by atoms with Crippen molar-refractivity contribution in [2.24, 2.45) is 0 Å². The molecular formula is C31H38BrN3O4S. The van der Waals surface area contributed by atoms with Crippen molar-refractivity contribution < 1.29 is 18.0 Å². The number of anilines is 1. The molecule has 0 aliphatic rings. The van der Waals surface area contributed by atoms with Gasteiger partial charge in [-0.05, 0) is 66.8 Å². The van der Waals surface area contributed by atoms with Gasteiger partial charge in [0, 0.05) is 24.0 Å². The maximum absolute atomic E-state index is 14.1. The summed E-state index contributed by atoms with van der Waals surface area (Å²) in [4.78, 5) is 29.2. The first kappa shape index (κ1) is 31.4. The molecule has 3 aromatic carbocycles. The number of nitrogens with one attached hydrogen (secondary N) is 1. The van der Waals surface area contributed by atoms with Crippen LogP contribution in [0.15, 0.2) is 77.3 Å². The predicted octanol–water partition coefficient (Wildman–Crippen LogP) is 5.39. The molecule has 3 aromatic rings. The highest BCUT2D eigenvalue weighted by Crippen LogP contribution is 2.23. The molecule has 0 heterocycles. The molecule has 40 heavy (non-hydrogen) atoms.